The van der Waals surface area contributed by atoms with E-state index in [1.165, 1.54) is 0 Å². The lowest BCUT2D eigenvalue weighted by Gasteiger charge is -2.38. The molecule has 2 fully saturated rings. The van der Waals surface area contributed by atoms with Crippen LogP contribution in [-0.2, 0) is 19.0 Å². The number of hydrogen-bond donors (Lipinski definition) is 1. The number of unbranched alkanes of at least 4 members (excludes halogenated alkanes) is 2. The van der Waals surface area contributed by atoms with Gasteiger partial charge < -0.3 is 19.1 Å². The number of nitrogens with zero attached hydrogens (tertiary/aromatic N) is 2. The molecule has 2 aliphatic heterocycles. The van der Waals surface area contributed by atoms with Crippen molar-refractivity contribution in [3.8, 4) is 11.1 Å². The van der Waals surface area contributed by atoms with E-state index in [1.807, 2.05) is 82.3 Å². The minimum atomic E-state index is -0.465. The standard InChI is InChI=1S/C36H53N3O5/c1-35(2,3)43-33(40)32-19-14-24-39(32)23-11-13-28-42-27-12-10-22-38-25-20-36(4,21-26-38)44-34(41)37-31-18-9-8-17-30(31)29-15-6-5-7-16-29/h5-9,15-18,32H,10-14,19-28H2,1-4H3,(H,37,41)/t32-/m0/s1. The number of piperidine rings is 1. The summed E-state index contributed by atoms with van der Waals surface area (Å²) in [6.07, 6.45) is 7.38. The maximum absolute atomic E-state index is 12.9. The number of ether oxygens (including phenoxy) is 3. The van der Waals surface area contributed by atoms with Crippen LogP contribution < -0.4 is 5.32 Å². The van der Waals surface area contributed by atoms with E-state index in [4.69, 9.17) is 14.2 Å². The van der Waals surface area contributed by atoms with Gasteiger partial charge in [-0.15, -0.1) is 0 Å². The third-order valence-electron chi connectivity index (χ3n) is 8.54. The maximum atomic E-state index is 12.9. The fourth-order valence-electron chi connectivity index (χ4n) is 6.06. The normalized spacial score (nSPS) is 19.0. The topological polar surface area (TPSA) is 80.3 Å². The molecule has 242 valence electrons. The number of esters is 1. The zero-order valence-electron chi connectivity index (χ0n) is 27.3. The summed E-state index contributed by atoms with van der Waals surface area (Å²) in [5, 5.41) is 2.98. The summed E-state index contributed by atoms with van der Waals surface area (Å²) >= 11 is 0. The summed E-state index contributed by atoms with van der Waals surface area (Å²) in [7, 11) is 0. The highest BCUT2D eigenvalue weighted by atomic mass is 16.6. The van der Waals surface area contributed by atoms with Crippen LogP contribution in [0.3, 0.4) is 0 Å². The Bertz CT molecular complexity index is 1170. The van der Waals surface area contributed by atoms with Gasteiger partial charge in [0.25, 0.3) is 0 Å². The molecule has 2 aliphatic rings. The first kappa shape index (κ1) is 33.9. The molecule has 0 unspecified atom stereocenters. The molecular weight excluding hydrogens is 554 g/mol. The number of rotatable bonds is 14. The van der Waals surface area contributed by atoms with Crippen LogP contribution in [0.15, 0.2) is 54.6 Å². The second-order valence-electron chi connectivity index (χ2n) is 13.5. The quantitative estimate of drug-likeness (QED) is 0.181. The Labute approximate surface area is 264 Å². The van der Waals surface area contributed by atoms with Crippen molar-refractivity contribution in [2.75, 3.05) is 51.3 Å². The van der Waals surface area contributed by atoms with Gasteiger partial charge in [0, 0.05) is 31.9 Å². The molecular formula is C36H53N3O5. The fraction of sp³-hybridized carbons (Fsp3) is 0.611. The number of amides is 1. The minimum Gasteiger partial charge on any atom is -0.459 e. The highest BCUT2D eigenvalue weighted by molar-refractivity contribution is 5.91. The Kier molecular flexibility index (Phi) is 12.6. The van der Waals surface area contributed by atoms with Gasteiger partial charge in [0.1, 0.15) is 17.2 Å². The number of nitrogens with one attached hydrogen (secondary N) is 1. The van der Waals surface area contributed by atoms with E-state index in [1.54, 1.807) is 0 Å². The van der Waals surface area contributed by atoms with E-state index >= 15 is 0 Å². The average molecular weight is 608 g/mol. The highest BCUT2D eigenvalue weighted by Gasteiger charge is 2.34. The molecule has 2 heterocycles. The van der Waals surface area contributed by atoms with E-state index in [-0.39, 0.29) is 12.0 Å². The van der Waals surface area contributed by atoms with Crippen LogP contribution in [0, 0.1) is 0 Å². The molecule has 0 aliphatic carbocycles. The van der Waals surface area contributed by atoms with Gasteiger partial charge in [-0.3, -0.25) is 15.0 Å². The van der Waals surface area contributed by atoms with E-state index in [0.717, 1.165) is 114 Å². The first-order valence-electron chi connectivity index (χ1n) is 16.5. The lowest BCUT2D eigenvalue weighted by atomic mass is 9.93. The van der Waals surface area contributed by atoms with Gasteiger partial charge in [-0.2, -0.15) is 0 Å². The van der Waals surface area contributed by atoms with E-state index in [0.29, 0.717) is 0 Å². The summed E-state index contributed by atoms with van der Waals surface area (Å²) in [6, 6.07) is 17.8. The molecule has 4 rings (SSSR count). The summed E-state index contributed by atoms with van der Waals surface area (Å²) in [5.41, 5.74) is 1.89. The third kappa shape index (κ3) is 10.9. The van der Waals surface area contributed by atoms with Crippen molar-refractivity contribution in [1.82, 2.24) is 9.80 Å². The summed E-state index contributed by atoms with van der Waals surface area (Å²) in [5.74, 6) is -0.0803. The van der Waals surface area contributed by atoms with Gasteiger partial charge in [0.15, 0.2) is 0 Å². The number of para-hydroxylation sites is 1. The van der Waals surface area contributed by atoms with Gasteiger partial charge in [-0.25, -0.2) is 4.79 Å². The largest absolute Gasteiger partial charge is 0.459 e. The van der Waals surface area contributed by atoms with Gasteiger partial charge in [0.05, 0.1) is 5.69 Å². The second kappa shape index (κ2) is 16.4. The fourth-order valence-corrected chi connectivity index (χ4v) is 6.06. The van der Waals surface area contributed by atoms with Crippen molar-refractivity contribution < 1.29 is 23.8 Å². The van der Waals surface area contributed by atoms with E-state index in [9.17, 15) is 9.59 Å². The Morgan fingerprint density at radius 1 is 0.886 bits per heavy atom. The van der Waals surface area contributed by atoms with Crippen molar-refractivity contribution >= 4 is 17.7 Å². The van der Waals surface area contributed by atoms with Crippen LogP contribution in [-0.4, -0.2) is 85.0 Å². The first-order valence-corrected chi connectivity index (χ1v) is 16.5. The molecule has 2 aromatic carbocycles. The molecule has 2 saturated heterocycles. The van der Waals surface area contributed by atoms with Crippen molar-refractivity contribution in [2.24, 2.45) is 0 Å². The van der Waals surface area contributed by atoms with Crippen molar-refractivity contribution in [1.29, 1.82) is 0 Å². The van der Waals surface area contributed by atoms with E-state index in [2.05, 4.69) is 15.1 Å². The lowest BCUT2D eigenvalue weighted by molar-refractivity contribution is -0.160. The van der Waals surface area contributed by atoms with Crippen molar-refractivity contribution in [3.05, 3.63) is 54.6 Å². The van der Waals surface area contributed by atoms with Crippen LogP contribution in [0.1, 0.15) is 79.1 Å². The maximum Gasteiger partial charge on any atom is 0.412 e. The number of likely N-dealkylation sites (tertiary alicyclic amines) is 2. The first-order chi connectivity index (χ1) is 21.1. The summed E-state index contributed by atoms with van der Waals surface area (Å²) in [6.45, 7) is 14.2. The number of carbonyl (C=O) groups is 2. The molecule has 0 bridgehead atoms. The SMILES string of the molecule is CC(C)(C)OC(=O)[C@@H]1CCCN1CCCCOCCCCN1CCC(C)(OC(=O)Nc2ccccc2-c2ccccc2)CC1. The Hall–Kier alpha value is -2.94. The predicted molar refractivity (Wildman–Crippen MR) is 176 cm³/mol. The monoisotopic (exact) mass is 607 g/mol. The van der Waals surface area contributed by atoms with Gasteiger partial charge in [-0.05, 0) is 110 Å². The molecule has 2 aromatic rings. The van der Waals surface area contributed by atoms with Crippen LogP contribution in [0.4, 0.5) is 10.5 Å². The van der Waals surface area contributed by atoms with Crippen LogP contribution >= 0.6 is 0 Å². The third-order valence-corrected chi connectivity index (χ3v) is 8.54. The van der Waals surface area contributed by atoms with E-state index < -0.39 is 17.3 Å². The molecule has 0 radical (unpaired) electrons. The number of carbonyl (C=O) groups excluding carboxylic acids is 2. The van der Waals surface area contributed by atoms with Crippen LogP contribution in [0.5, 0.6) is 0 Å². The second-order valence-corrected chi connectivity index (χ2v) is 13.5. The molecule has 8 nitrogen and oxygen atoms in total. The molecule has 0 spiro atoms. The molecule has 8 heteroatoms. The van der Waals surface area contributed by atoms with Gasteiger partial charge in [0.2, 0.25) is 0 Å². The van der Waals surface area contributed by atoms with Crippen LogP contribution in [0.25, 0.3) is 11.1 Å². The highest BCUT2D eigenvalue weighted by Crippen LogP contribution is 2.30. The van der Waals surface area contributed by atoms with Gasteiger partial charge >= 0.3 is 12.1 Å². The number of benzene rings is 2. The summed E-state index contributed by atoms with van der Waals surface area (Å²) < 4.78 is 17.5. The Morgan fingerprint density at radius 2 is 1.55 bits per heavy atom. The molecule has 0 aromatic heterocycles. The Balaban J connectivity index is 1.04. The number of hydrogen-bond acceptors (Lipinski definition) is 7. The smallest absolute Gasteiger partial charge is 0.412 e. The van der Waals surface area contributed by atoms with Crippen molar-refractivity contribution in [2.45, 2.75) is 96.3 Å². The molecule has 1 amide bonds. The molecule has 1 atom stereocenters. The van der Waals surface area contributed by atoms with Crippen molar-refractivity contribution in [3.63, 3.8) is 0 Å². The van der Waals surface area contributed by atoms with Gasteiger partial charge in [-0.1, -0.05) is 48.5 Å². The molecule has 44 heavy (non-hydrogen) atoms. The van der Waals surface area contributed by atoms with Crippen LogP contribution in [0.2, 0.25) is 0 Å². The average Bonchev–Trinajstić information content (AvgIpc) is 3.46. The number of anilines is 1. The lowest BCUT2D eigenvalue weighted by Crippen LogP contribution is -2.46. The minimum absolute atomic E-state index is 0.0803. The molecule has 0 saturated carbocycles. The Morgan fingerprint density at radius 3 is 2.25 bits per heavy atom. The summed E-state index contributed by atoms with van der Waals surface area (Å²) in [4.78, 5) is 30.1. The zero-order valence-corrected chi connectivity index (χ0v) is 27.3. The molecule has 1 N–H and O–H groups in total. The zero-order chi connectivity index (χ0) is 31.4. The predicted octanol–water partition coefficient (Wildman–Crippen LogP) is 7.14.